The van der Waals surface area contributed by atoms with Crippen LogP contribution in [0.25, 0.3) is 17.3 Å². The lowest BCUT2D eigenvalue weighted by Crippen LogP contribution is -2.37. The number of hydrogen-bond donors (Lipinski definition) is 1. The minimum Gasteiger partial charge on any atom is -0.299 e. The number of aromatic nitrogens is 9. The molecule has 186 valence electrons. The summed E-state index contributed by atoms with van der Waals surface area (Å²) in [7, 11) is 0. The van der Waals surface area contributed by atoms with Crippen molar-refractivity contribution < 1.29 is 0 Å². The first kappa shape index (κ1) is 23.6. The fraction of sp³-hybridized carbons (Fsp3) is 0.400. The van der Waals surface area contributed by atoms with Crippen LogP contribution in [0.4, 0.5) is 0 Å². The fourth-order valence-electron chi connectivity index (χ4n) is 4.70. The molecule has 1 N–H and O–H groups in total. The fourth-order valence-corrected chi connectivity index (χ4v) is 4.70. The molecular weight excluding hydrogens is 456 g/mol. The van der Waals surface area contributed by atoms with Gasteiger partial charge in [-0.3, -0.25) is 14.1 Å². The first-order chi connectivity index (χ1) is 17.6. The van der Waals surface area contributed by atoms with Crippen molar-refractivity contribution in [1.29, 1.82) is 0 Å². The number of aliphatic imine (C=N–C) groups is 1. The van der Waals surface area contributed by atoms with Gasteiger partial charge in [-0.2, -0.15) is 5.21 Å². The molecule has 4 heterocycles. The molecule has 0 radical (unpaired) electrons. The standard InChI is InChI=1S/C25H30N10O/c1-3-5-14-33-18-27-30-23(33)34-16-21(7-4-2)35(24(34)36)17-25(10-12-26-13-11-25)20-9-6-8-19(15-20)22-28-31-32-29-22/h6,8-10,12-13,15-16,18H,3-5,7,11,14,17H2,1-2H3,(H,28,29,31,32). The van der Waals surface area contributed by atoms with E-state index in [1.807, 2.05) is 39.9 Å². The van der Waals surface area contributed by atoms with Gasteiger partial charge in [-0.25, -0.2) is 9.36 Å². The number of nitrogens with zero attached hydrogens (tertiary/aromatic N) is 9. The van der Waals surface area contributed by atoms with Gasteiger partial charge in [0.1, 0.15) is 6.33 Å². The van der Waals surface area contributed by atoms with Crippen molar-refractivity contribution in [3.8, 4) is 17.3 Å². The van der Waals surface area contributed by atoms with Gasteiger partial charge in [0, 0.05) is 48.4 Å². The summed E-state index contributed by atoms with van der Waals surface area (Å²) in [6.45, 7) is 5.49. The zero-order valence-electron chi connectivity index (χ0n) is 20.6. The first-order valence-corrected chi connectivity index (χ1v) is 12.4. The second-order valence-corrected chi connectivity index (χ2v) is 9.11. The van der Waals surface area contributed by atoms with Crippen molar-refractivity contribution in [3.63, 3.8) is 0 Å². The van der Waals surface area contributed by atoms with Crippen molar-refractivity contribution in [2.24, 2.45) is 4.99 Å². The smallest absolute Gasteiger partial charge is 0.299 e. The van der Waals surface area contributed by atoms with Crippen molar-refractivity contribution in [2.45, 2.75) is 64.5 Å². The molecule has 5 rings (SSSR count). The van der Waals surface area contributed by atoms with Gasteiger partial charge in [0.05, 0.1) is 0 Å². The van der Waals surface area contributed by atoms with E-state index < -0.39 is 5.41 Å². The van der Waals surface area contributed by atoms with E-state index in [1.165, 1.54) is 0 Å². The van der Waals surface area contributed by atoms with Crippen molar-refractivity contribution in [3.05, 3.63) is 70.8 Å². The van der Waals surface area contributed by atoms with Gasteiger partial charge in [0.15, 0.2) is 0 Å². The molecule has 0 saturated carbocycles. The van der Waals surface area contributed by atoms with Crippen molar-refractivity contribution in [2.75, 3.05) is 0 Å². The third kappa shape index (κ3) is 4.43. The molecule has 1 aliphatic heterocycles. The Labute approximate surface area is 208 Å². The third-order valence-corrected chi connectivity index (χ3v) is 6.65. The predicted octanol–water partition coefficient (Wildman–Crippen LogP) is 3.09. The first-order valence-electron chi connectivity index (χ1n) is 12.4. The summed E-state index contributed by atoms with van der Waals surface area (Å²) in [4.78, 5) is 18.2. The Morgan fingerprint density at radius 3 is 2.83 bits per heavy atom. The van der Waals surface area contributed by atoms with Gasteiger partial charge in [0.25, 0.3) is 0 Å². The summed E-state index contributed by atoms with van der Waals surface area (Å²) in [5.41, 5.74) is 2.31. The van der Waals surface area contributed by atoms with E-state index in [2.05, 4.69) is 67.9 Å². The van der Waals surface area contributed by atoms with Crippen LogP contribution in [-0.2, 0) is 24.9 Å². The van der Waals surface area contributed by atoms with Crippen LogP contribution in [0.5, 0.6) is 0 Å². The van der Waals surface area contributed by atoms with Crippen LogP contribution >= 0.6 is 0 Å². The van der Waals surface area contributed by atoms with Gasteiger partial charge in [-0.05, 0) is 36.1 Å². The minimum atomic E-state index is -0.462. The van der Waals surface area contributed by atoms with Crippen molar-refractivity contribution in [1.82, 2.24) is 44.5 Å². The van der Waals surface area contributed by atoms with Crippen LogP contribution in [0.2, 0.25) is 0 Å². The molecule has 0 saturated heterocycles. The average Bonchev–Trinajstić information content (AvgIpc) is 3.66. The number of aromatic amines is 1. The highest BCUT2D eigenvalue weighted by atomic mass is 16.2. The Morgan fingerprint density at radius 2 is 2.08 bits per heavy atom. The molecule has 11 heteroatoms. The normalized spacial score (nSPS) is 17.2. The summed E-state index contributed by atoms with van der Waals surface area (Å²) in [6.07, 6.45) is 13.8. The summed E-state index contributed by atoms with van der Waals surface area (Å²) < 4.78 is 5.47. The second-order valence-electron chi connectivity index (χ2n) is 9.11. The quantitative estimate of drug-likeness (QED) is 0.367. The number of imidazole rings is 1. The third-order valence-electron chi connectivity index (χ3n) is 6.65. The SMILES string of the molecule is CCCCn1cnnc1-n1cc(CCC)n(CC2(c3cccc(-c4nn[nH]n4)c3)C=CN=CC2)c1=O. The zero-order valence-corrected chi connectivity index (χ0v) is 20.6. The second kappa shape index (κ2) is 10.2. The molecule has 0 bridgehead atoms. The Hall–Kier alpha value is -4.15. The van der Waals surface area contributed by atoms with Crippen molar-refractivity contribution >= 4 is 6.21 Å². The molecular formula is C25H30N10O. The van der Waals surface area contributed by atoms with Crippen LogP contribution in [0.15, 0.2) is 58.9 Å². The van der Waals surface area contributed by atoms with E-state index in [1.54, 1.807) is 10.9 Å². The Bertz CT molecular complexity index is 1430. The Kier molecular flexibility index (Phi) is 6.70. The van der Waals surface area contributed by atoms with Gasteiger partial charge in [0.2, 0.25) is 11.8 Å². The number of allylic oxidation sites excluding steroid dienone is 1. The van der Waals surface area contributed by atoms with Gasteiger partial charge >= 0.3 is 5.69 Å². The van der Waals surface area contributed by atoms with E-state index in [0.717, 1.165) is 49.0 Å². The number of benzene rings is 1. The highest BCUT2D eigenvalue weighted by Gasteiger charge is 2.33. The van der Waals surface area contributed by atoms with E-state index in [4.69, 9.17) is 0 Å². The largest absolute Gasteiger partial charge is 0.335 e. The van der Waals surface area contributed by atoms with Crippen LogP contribution < -0.4 is 5.69 Å². The summed E-state index contributed by atoms with van der Waals surface area (Å²) in [5, 5.41) is 22.8. The van der Waals surface area contributed by atoms with Crippen LogP contribution in [0, 0.1) is 0 Å². The lowest BCUT2D eigenvalue weighted by atomic mass is 9.76. The topological polar surface area (TPSA) is 124 Å². The Morgan fingerprint density at radius 1 is 1.17 bits per heavy atom. The number of nitrogens with one attached hydrogen (secondary N) is 1. The molecule has 3 aromatic heterocycles. The molecule has 1 aromatic carbocycles. The lowest BCUT2D eigenvalue weighted by Gasteiger charge is -2.32. The maximum atomic E-state index is 13.8. The number of unbranched alkanes of at least 4 members (excludes halogenated alkanes) is 1. The highest BCUT2D eigenvalue weighted by Crippen LogP contribution is 2.35. The van der Waals surface area contributed by atoms with E-state index in [-0.39, 0.29) is 5.69 Å². The summed E-state index contributed by atoms with van der Waals surface area (Å²) in [6, 6.07) is 8.09. The molecule has 0 spiro atoms. The zero-order chi connectivity index (χ0) is 25.0. The number of tetrazole rings is 1. The summed E-state index contributed by atoms with van der Waals surface area (Å²) >= 11 is 0. The molecule has 1 atom stereocenters. The van der Waals surface area contributed by atoms with Gasteiger partial charge in [-0.15, -0.1) is 20.4 Å². The summed E-state index contributed by atoms with van der Waals surface area (Å²) in [5.74, 6) is 1.08. The number of aryl methyl sites for hydroxylation is 2. The number of rotatable bonds is 10. The maximum Gasteiger partial charge on any atom is 0.335 e. The molecule has 0 amide bonds. The predicted molar refractivity (Wildman–Crippen MR) is 136 cm³/mol. The molecule has 4 aromatic rings. The number of H-pyrrole nitrogens is 1. The number of hydrogen-bond acceptors (Lipinski definition) is 7. The molecule has 1 unspecified atom stereocenters. The van der Waals surface area contributed by atoms with Crippen LogP contribution in [-0.4, -0.2) is 50.7 Å². The van der Waals surface area contributed by atoms with Crippen LogP contribution in [0.3, 0.4) is 0 Å². The highest BCUT2D eigenvalue weighted by molar-refractivity contribution is 5.65. The lowest BCUT2D eigenvalue weighted by molar-refractivity contribution is 0.438. The van der Waals surface area contributed by atoms with Gasteiger partial charge < -0.3 is 0 Å². The average molecular weight is 487 g/mol. The molecule has 1 aliphatic rings. The molecule has 0 fully saturated rings. The monoisotopic (exact) mass is 486 g/mol. The molecule has 11 nitrogen and oxygen atoms in total. The van der Waals surface area contributed by atoms with Crippen LogP contribution in [0.1, 0.15) is 50.8 Å². The van der Waals surface area contributed by atoms with E-state index in [9.17, 15) is 4.79 Å². The van der Waals surface area contributed by atoms with E-state index >= 15 is 0 Å². The molecule has 36 heavy (non-hydrogen) atoms. The maximum absolute atomic E-state index is 13.8. The van der Waals surface area contributed by atoms with E-state index in [0.29, 0.717) is 24.7 Å². The Balaban J connectivity index is 1.58. The van der Waals surface area contributed by atoms with Gasteiger partial charge in [-0.1, -0.05) is 51.0 Å². The minimum absolute atomic E-state index is 0.117. The molecule has 0 aliphatic carbocycles.